The first-order valence-corrected chi connectivity index (χ1v) is 9.64. The second-order valence-corrected chi connectivity index (χ2v) is 7.59. The molecular formula is C20H25N9. The van der Waals surface area contributed by atoms with Gasteiger partial charge in [0.15, 0.2) is 0 Å². The Kier molecular flexibility index (Phi) is 4.72. The highest BCUT2D eigenvalue weighted by atomic mass is 15.2. The summed E-state index contributed by atoms with van der Waals surface area (Å²) in [5.41, 5.74) is 16.8. The number of nitrogens with zero attached hydrogens (tertiary/aromatic N) is 6. The van der Waals surface area contributed by atoms with E-state index in [4.69, 9.17) is 16.5 Å². The first kappa shape index (κ1) is 19.0. The van der Waals surface area contributed by atoms with Crippen molar-refractivity contribution in [2.75, 3.05) is 29.0 Å². The molecule has 3 aromatic rings. The minimum atomic E-state index is -0.202. The highest BCUT2D eigenvalue weighted by molar-refractivity contribution is 5.81. The van der Waals surface area contributed by atoms with Gasteiger partial charge in [-0.25, -0.2) is 9.97 Å². The van der Waals surface area contributed by atoms with E-state index in [0.717, 1.165) is 41.9 Å². The second kappa shape index (κ2) is 7.22. The smallest absolute Gasteiger partial charge is 0.222 e. The molecule has 5 N–H and O–H groups in total. The van der Waals surface area contributed by atoms with Gasteiger partial charge in [-0.3, -0.25) is 0 Å². The minimum Gasteiger partial charge on any atom is -0.368 e. The van der Waals surface area contributed by atoms with Crippen LogP contribution in [0.15, 0.2) is 18.3 Å². The van der Waals surface area contributed by atoms with Crippen molar-refractivity contribution in [2.45, 2.75) is 32.4 Å². The highest BCUT2D eigenvalue weighted by Gasteiger charge is 2.26. The lowest BCUT2D eigenvalue weighted by Crippen LogP contribution is -2.28. The van der Waals surface area contributed by atoms with E-state index in [0.29, 0.717) is 17.1 Å². The van der Waals surface area contributed by atoms with Crippen molar-refractivity contribution in [1.29, 1.82) is 5.26 Å². The number of aromatic nitrogens is 4. The minimum absolute atomic E-state index is 0.133. The highest BCUT2D eigenvalue weighted by Crippen LogP contribution is 2.33. The van der Waals surface area contributed by atoms with Crippen molar-refractivity contribution in [3.05, 3.63) is 35.3 Å². The number of nitriles is 1. The van der Waals surface area contributed by atoms with Crippen LogP contribution in [0.1, 0.15) is 36.3 Å². The molecular weight excluding hydrogens is 366 g/mol. The number of hydrogen-bond acceptors (Lipinski definition) is 8. The molecule has 1 fully saturated rings. The topological polar surface area (TPSA) is 135 Å². The van der Waals surface area contributed by atoms with Crippen LogP contribution >= 0.6 is 0 Å². The van der Waals surface area contributed by atoms with Crippen molar-refractivity contribution >= 4 is 28.5 Å². The molecule has 9 nitrogen and oxygen atoms in total. The molecule has 9 heteroatoms. The lowest BCUT2D eigenvalue weighted by atomic mass is 10.1. The molecule has 1 aliphatic heterocycles. The van der Waals surface area contributed by atoms with Gasteiger partial charge < -0.3 is 26.3 Å². The van der Waals surface area contributed by atoms with Gasteiger partial charge in [0.05, 0.1) is 34.2 Å². The summed E-state index contributed by atoms with van der Waals surface area (Å²) in [6.07, 6.45) is 2.95. The van der Waals surface area contributed by atoms with Crippen LogP contribution in [-0.2, 0) is 7.05 Å². The second-order valence-electron chi connectivity index (χ2n) is 7.59. The zero-order valence-corrected chi connectivity index (χ0v) is 16.8. The molecule has 0 radical (unpaired) electrons. The molecule has 0 bridgehead atoms. The molecule has 1 unspecified atom stereocenters. The Hall–Kier alpha value is -3.38. The van der Waals surface area contributed by atoms with Gasteiger partial charge in [0.25, 0.3) is 0 Å². The van der Waals surface area contributed by atoms with Crippen molar-refractivity contribution in [2.24, 2.45) is 12.8 Å². The Labute approximate surface area is 169 Å². The van der Waals surface area contributed by atoms with Crippen molar-refractivity contribution < 1.29 is 0 Å². The largest absolute Gasteiger partial charge is 0.368 e. The standard InChI is InChI=1S/C20H25N9/c1-11-14(9-21)19(27-20(23)25-11)24-12(2)18-17(29-7-4-13(22)10-29)8-16-15(26-18)5-6-28(16)3/h5-6,8,12-13H,4,7,10,22H2,1-3H3,(H3,23,24,25,27)/t12-,13?/m0/s1. The van der Waals surface area contributed by atoms with Gasteiger partial charge >= 0.3 is 0 Å². The third-order valence-corrected chi connectivity index (χ3v) is 5.42. The molecule has 0 aliphatic carbocycles. The zero-order chi connectivity index (χ0) is 20.7. The molecule has 150 valence electrons. The fraction of sp³-hybridized carbons (Fsp3) is 0.400. The van der Waals surface area contributed by atoms with E-state index >= 15 is 0 Å². The monoisotopic (exact) mass is 391 g/mol. The van der Waals surface area contributed by atoms with E-state index in [2.05, 4.69) is 36.9 Å². The summed E-state index contributed by atoms with van der Waals surface area (Å²) in [5, 5.41) is 12.8. The quantitative estimate of drug-likeness (QED) is 0.613. The lowest BCUT2D eigenvalue weighted by molar-refractivity contribution is 0.750. The van der Waals surface area contributed by atoms with Gasteiger partial charge in [0.1, 0.15) is 17.5 Å². The van der Waals surface area contributed by atoms with Crippen molar-refractivity contribution in [1.82, 2.24) is 19.5 Å². The maximum Gasteiger partial charge on any atom is 0.222 e. The van der Waals surface area contributed by atoms with Crippen LogP contribution in [0.4, 0.5) is 17.5 Å². The summed E-state index contributed by atoms with van der Waals surface area (Å²) in [5.74, 6) is 0.553. The average Bonchev–Trinajstić information content (AvgIpc) is 3.26. The summed E-state index contributed by atoms with van der Waals surface area (Å²) in [7, 11) is 2.01. The fourth-order valence-corrected chi connectivity index (χ4v) is 3.87. The number of anilines is 3. The Morgan fingerprint density at radius 1 is 1.34 bits per heavy atom. The van der Waals surface area contributed by atoms with E-state index < -0.39 is 0 Å². The summed E-state index contributed by atoms with van der Waals surface area (Å²) in [6, 6.07) is 6.28. The maximum absolute atomic E-state index is 9.52. The SMILES string of the molecule is Cc1nc(N)nc(N[C@@H](C)c2nc3ccn(C)c3cc2N2CCC(N)C2)c1C#N. The number of nitrogens with two attached hydrogens (primary N) is 2. The third kappa shape index (κ3) is 3.43. The van der Waals surface area contributed by atoms with E-state index in [-0.39, 0.29) is 18.0 Å². The van der Waals surface area contributed by atoms with Gasteiger partial charge in [-0.2, -0.15) is 10.2 Å². The number of nitrogen functional groups attached to an aromatic ring is 1. The summed E-state index contributed by atoms with van der Waals surface area (Å²) in [4.78, 5) is 15.5. The third-order valence-electron chi connectivity index (χ3n) is 5.42. The molecule has 3 aromatic heterocycles. The van der Waals surface area contributed by atoms with E-state index in [1.807, 2.05) is 26.2 Å². The van der Waals surface area contributed by atoms with Gasteiger partial charge in [0, 0.05) is 32.4 Å². The van der Waals surface area contributed by atoms with Crippen LogP contribution < -0.4 is 21.7 Å². The lowest BCUT2D eigenvalue weighted by Gasteiger charge is -2.25. The number of hydrogen-bond donors (Lipinski definition) is 3. The molecule has 0 aromatic carbocycles. The normalized spacial score (nSPS) is 17.5. The molecule has 29 heavy (non-hydrogen) atoms. The first-order chi connectivity index (χ1) is 13.9. The average molecular weight is 391 g/mol. The van der Waals surface area contributed by atoms with E-state index in [1.165, 1.54) is 0 Å². The van der Waals surface area contributed by atoms with Crippen LogP contribution in [0.3, 0.4) is 0 Å². The molecule has 0 amide bonds. The molecule has 1 saturated heterocycles. The summed E-state index contributed by atoms with van der Waals surface area (Å²) < 4.78 is 2.06. The van der Waals surface area contributed by atoms with E-state index in [1.54, 1.807) is 6.92 Å². The Morgan fingerprint density at radius 3 is 2.83 bits per heavy atom. The van der Waals surface area contributed by atoms with Gasteiger partial charge in [0.2, 0.25) is 5.95 Å². The molecule has 2 atom stereocenters. The zero-order valence-electron chi connectivity index (χ0n) is 16.8. The summed E-state index contributed by atoms with van der Waals surface area (Å²) in [6.45, 7) is 5.44. The summed E-state index contributed by atoms with van der Waals surface area (Å²) >= 11 is 0. The first-order valence-electron chi connectivity index (χ1n) is 9.64. The van der Waals surface area contributed by atoms with E-state index in [9.17, 15) is 5.26 Å². The maximum atomic E-state index is 9.52. The van der Waals surface area contributed by atoms with Crippen LogP contribution in [-0.4, -0.2) is 38.7 Å². The van der Waals surface area contributed by atoms with Crippen LogP contribution in [0.25, 0.3) is 11.0 Å². The van der Waals surface area contributed by atoms with Gasteiger partial charge in [-0.15, -0.1) is 0 Å². The molecule has 1 aliphatic rings. The molecule has 0 spiro atoms. The fourth-order valence-electron chi connectivity index (χ4n) is 3.87. The van der Waals surface area contributed by atoms with Crippen LogP contribution in [0, 0.1) is 18.3 Å². The Balaban J connectivity index is 1.77. The van der Waals surface area contributed by atoms with Gasteiger partial charge in [-0.05, 0) is 32.4 Å². The number of fused-ring (bicyclic) bond motifs is 1. The Morgan fingerprint density at radius 2 is 2.14 bits per heavy atom. The predicted molar refractivity (Wildman–Crippen MR) is 113 cm³/mol. The predicted octanol–water partition coefficient (Wildman–Crippen LogP) is 1.84. The molecule has 4 rings (SSSR count). The van der Waals surface area contributed by atoms with Crippen LogP contribution in [0.2, 0.25) is 0 Å². The molecule has 0 saturated carbocycles. The number of rotatable bonds is 4. The number of nitrogens with one attached hydrogen (secondary N) is 1. The number of aryl methyl sites for hydroxylation is 2. The van der Waals surface area contributed by atoms with Crippen molar-refractivity contribution in [3.8, 4) is 6.07 Å². The number of pyridine rings is 1. The van der Waals surface area contributed by atoms with Gasteiger partial charge in [-0.1, -0.05) is 0 Å². The Bertz CT molecular complexity index is 1110. The van der Waals surface area contributed by atoms with Crippen LogP contribution in [0.5, 0.6) is 0 Å². The molecule has 4 heterocycles. The van der Waals surface area contributed by atoms with Crippen molar-refractivity contribution in [3.63, 3.8) is 0 Å².